The van der Waals surface area contributed by atoms with Crippen LogP contribution in [0.25, 0.3) is 0 Å². The first-order valence-electron chi connectivity index (χ1n) is 8.93. The van der Waals surface area contributed by atoms with E-state index in [9.17, 15) is 13.2 Å². The number of carbonyl (C=O) groups is 1. The molecule has 2 saturated carbocycles. The van der Waals surface area contributed by atoms with Crippen molar-refractivity contribution in [3.8, 4) is 0 Å². The van der Waals surface area contributed by atoms with Crippen LogP contribution in [-0.4, -0.2) is 25.5 Å². The van der Waals surface area contributed by atoms with E-state index >= 15 is 0 Å². The molecule has 0 heterocycles. The van der Waals surface area contributed by atoms with Crippen LogP contribution in [0.2, 0.25) is 0 Å². The Kier molecular flexibility index (Phi) is 5.59. The molecule has 3 rings (SSSR count). The van der Waals surface area contributed by atoms with Crippen LogP contribution in [0.5, 0.6) is 0 Å². The quantitative estimate of drug-likeness (QED) is 0.549. The van der Waals surface area contributed by atoms with Crippen molar-refractivity contribution < 1.29 is 18.3 Å². The Bertz CT molecular complexity index is 729. The zero-order chi connectivity index (χ0) is 17.9. The van der Waals surface area contributed by atoms with E-state index in [1.165, 1.54) is 0 Å². The first-order valence-corrected chi connectivity index (χ1v) is 10.4. The van der Waals surface area contributed by atoms with E-state index in [4.69, 9.17) is 5.11 Å². The van der Waals surface area contributed by atoms with Crippen molar-refractivity contribution >= 4 is 16.0 Å². The molecule has 0 amide bonds. The molecule has 0 aromatic heterocycles. The van der Waals surface area contributed by atoms with Crippen molar-refractivity contribution in [3.63, 3.8) is 0 Å². The van der Waals surface area contributed by atoms with E-state index in [1.807, 2.05) is 6.08 Å². The van der Waals surface area contributed by atoms with Gasteiger partial charge >= 0.3 is 5.97 Å². The first kappa shape index (κ1) is 18.1. The Labute approximate surface area is 149 Å². The summed E-state index contributed by atoms with van der Waals surface area (Å²) < 4.78 is 28.3. The third-order valence-electron chi connectivity index (χ3n) is 5.45. The molecule has 0 spiro atoms. The van der Waals surface area contributed by atoms with Crippen LogP contribution >= 0.6 is 0 Å². The fourth-order valence-electron chi connectivity index (χ4n) is 4.26. The lowest BCUT2D eigenvalue weighted by molar-refractivity contribution is -0.137. The van der Waals surface area contributed by atoms with Gasteiger partial charge in [-0.3, -0.25) is 4.79 Å². The van der Waals surface area contributed by atoms with Gasteiger partial charge in [0.05, 0.1) is 4.90 Å². The first-order chi connectivity index (χ1) is 12.0. The largest absolute Gasteiger partial charge is 0.481 e. The fraction of sp³-hybridized carbons (Fsp3) is 0.526. The molecule has 2 N–H and O–H groups in total. The van der Waals surface area contributed by atoms with Gasteiger partial charge in [0.1, 0.15) is 0 Å². The van der Waals surface area contributed by atoms with E-state index in [-0.39, 0.29) is 18.4 Å². The Balaban J connectivity index is 1.66. The lowest BCUT2D eigenvalue weighted by Crippen LogP contribution is -2.43. The van der Waals surface area contributed by atoms with Gasteiger partial charge < -0.3 is 5.11 Å². The van der Waals surface area contributed by atoms with E-state index in [0.29, 0.717) is 23.2 Å². The number of nitrogens with one attached hydrogen (secondary N) is 1. The number of carboxylic acid groups (broad SMARTS) is 1. The SMILES string of the molecule is O=C(O)CCC/C=C\[C@H]1[C@@H]2CC[C@@H](C2)[C@@H]1NS(=O)(=O)c1ccccc1. The molecule has 0 radical (unpaired) electrons. The van der Waals surface area contributed by atoms with Gasteiger partial charge in [0.2, 0.25) is 10.0 Å². The minimum Gasteiger partial charge on any atom is -0.481 e. The molecule has 0 aliphatic heterocycles. The highest BCUT2D eigenvalue weighted by atomic mass is 32.2. The molecule has 1 aromatic carbocycles. The summed E-state index contributed by atoms with van der Waals surface area (Å²) in [7, 11) is -3.51. The standard InChI is InChI=1S/C19H25NO4S/c21-18(22)10-6-2-5-9-17-14-11-12-15(13-14)19(17)20-25(23,24)16-7-3-1-4-8-16/h1,3-5,7-9,14-15,17,19-20H,2,6,10-13H2,(H,21,22)/b9-5-/t14-,15+,17+,19+/m1/s1. The lowest BCUT2D eigenvalue weighted by atomic mass is 9.84. The minimum atomic E-state index is -3.51. The predicted molar refractivity (Wildman–Crippen MR) is 95.5 cm³/mol. The summed E-state index contributed by atoms with van der Waals surface area (Å²) in [6.07, 6.45) is 8.96. The second-order valence-electron chi connectivity index (χ2n) is 7.08. The molecule has 2 aliphatic carbocycles. The second-order valence-corrected chi connectivity index (χ2v) is 8.80. The zero-order valence-corrected chi connectivity index (χ0v) is 15.0. The van der Waals surface area contributed by atoms with Gasteiger partial charge in [-0.25, -0.2) is 13.1 Å². The normalized spacial score (nSPS) is 28.6. The highest BCUT2D eigenvalue weighted by Gasteiger charge is 2.47. The van der Waals surface area contributed by atoms with Gasteiger partial charge in [0.25, 0.3) is 0 Å². The Morgan fingerprint density at radius 1 is 1.20 bits per heavy atom. The third-order valence-corrected chi connectivity index (χ3v) is 6.92. The third kappa shape index (κ3) is 4.30. The van der Waals surface area contributed by atoms with Gasteiger partial charge in [0, 0.05) is 12.5 Å². The van der Waals surface area contributed by atoms with Crippen molar-refractivity contribution in [3.05, 3.63) is 42.5 Å². The lowest BCUT2D eigenvalue weighted by Gasteiger charge is -2.29. The number of unbranched alkanes of at least 4 members (excludes halogenated alkanes) is 1. The van der Waals surface area contributed by atoms with Crippen LogP contribution in [-0.2, 0) is 14.8 Å². The molecule has 25 heavy (non-hydrogen) atoms. The summed E-state index contributed by atoms with van der Waals surface area (Å²) in [5, 5.41) is 8.69. The molecule has 0 unspecified atom stereocenters. The Morgan fingerprint density at radius 3 is 2.64 bits per heavy atom. The average molecular weight is 363 g/mol. The molecule has 5 nitrogen and oxygen atoms in total. The number of hydrogen-bond acceptors (Lipinski definition) is 3. The number of aliphatic carboxylic acids is 1. The number of hydrogen-bond donors (Lipinski definition) is 2. The maximum atomic E-state index is 12.7. The molecule has 1 aromatic rings. The predicted octanol–water partition coefficient (Wildman–Crippen LogP) is 3.19. The maximum absolute atomic E-state index is 12.7. The van der Waals surface area contributed by atoms with Crippen molar-refractivity contribution in [2.24, 2.45) is 17.8 Å². The maximum Gasteiger partial charge on any atom is 0.303 e. The molecular formula is C19H25NO4S. The number of carboxylic acids is 1. The van der Waals surface area contributed by atoms with Gasteiger partial charge in [-0.1, -0.05) is 30.4 Å². The molecule has 6 heteroatoms. The van der Waals surface area contributed by atoms with Crippen LogP contribution < -0.4 is 4.72 Å². The number of rotatable bonds is 8. The van der Waals surface area contributed by atoms with Gasteiger partial charge in [-0.05, 0) is 62.0 Å². The minimum absolute atomic E-state index is 0.0559. The highest BCUT2D eigenvalue weighted by Crippen LogP contribution is 2.49. The zero-order valence-electron chi connectivity index (χ0n) is 14.2. The fourth-order valence-corrected chi connectivity index (χ4v) is 5.62. The molecule has 0 saturated heterocycles. The molecular weight excluding hydrogens is 338 g/mol. The molecule has 2 aliphatic rings. The van der Waals surface area contributed by atoms with Gasteiger partial charge in [-0.2, -0.15) is 0 Å². The molecule has 2 fully saturated rings. The van der Waals surface area contributed by atoms with E-state index in [0.717, 1.165) is 25.7 Å². The summed E-state index contributed by atoms with van der Waals surface area (Å²) in [6, 6.07) is 8.45. The number of allylic oxidation sites excluding steroid dienone is 1. The Morgan fingerprint density at radius 2 is 1.92 bits per heavy atom. The monoisotopic (exact) mass is 363 g/mol. The van der Waals surface area contributed by atoms with Crippen LogP contribution in [0, 0.1) is 17.8 Å². The van der Waals surface area contributed by atoms with Crippen LogP contribution in [0.4, 0.5) is 0 Å². The number of benzene rings is 1. The summed E-state index contributed by atoms with van der Waals surface area (Å²) in [5.41, 5.74) is 0. The van der Waals surface area contributed by atoms with Crippen molar-refractivity contribution in [2.45, 2.75) is 49.5 Å². The second kappa shape index (κ2) is 7.70. The van der Waals surface area contributed by atoms with Crippen LogP contribution in [0.1, 0.15) is 38.5 Å². The van der Waals surface area contributed by atoms with Gasteiger partial charge in [0.15, 0.2) is 0 Å². The molecule has 136 valence electrons. The summed E-state index contributed by atoms with van der Waals surface area (Å²) in [6.45, 7) is 0. The summed E-state index contributed by atoms with van der Waals surface area (Å²) in [4.78, 5) is 10.9. The van der Waals surface area contributed by atoms with Crippen molar-refractivity contribution in [1.29, 1.82) is 0 Å². The summed E-state index contributed by atoms with van der Waals surface area (Å²) in [5.74, 6) is 0.366. The number of sulfonamides is 1. The van der Waals surface area contributed by atoms with Crippen molar-refractivity contribution in [1.82, 2.24) is 4.72 Å². The Hall–Kier alpha value is -1.66. The topological polar surface area (TPSA) is 83.5 Å². The highest BCUT2D eigenvalue weighted by molar-refractivity contribution is 7.89. The molecule has 4 atom stereocenters. The van der Waals surface area contributed by atoms with E-state index < -0.39 is 16.0 Å². The smallest absolute Gasteiger partial charge is 0.303 e. The summed E-state index contributed by atoms with van der Waals surface area (Å²) >= 11 is 0. The van der Waals surface area contributed by atoms with Crippen LogP contribution in [0.15, 0.2) is 47.4 Å². The van der Waals surface area contributed by atoms with E-state index in [1.54, 1.807) is 30.3 Å². The number of fused-ring (bicyclic) bond motifs is 2. The van der Waals surface area contributed by atoms with Gasteiger partial charge in [-0.15, -0.1) is 0 Å². The average Bonchev–Trinajstić information content (AvgIpc) is 3.17. The van der Waals surface area contributed by atoms with Crippen LogP contribution in [0.3, 0.4) is 0 Å². The van der Waals surface area contributed by atoms with Crippen molar-refractivity contribution in [2.75, 3.05) is 0 Å². The molecule has 2 bridgehead atoms. The van der Waals surface area contributed by atoms with E-state index in [2.05, 4.69) is 10.8 Å².